The molecule has 0 radical (unpaired) electrons. The summed E-state index contributed by atoms with van der Waals surface area (Å²) in [4.78, 5) is 10.9. The van der Waals surface area contributed by atoms with Gasteiger partial charge in [-0.2, -0.15) is 0 Å². The fourth-order valence-corrected chi connectivity index (χ4v) is 2.01. The molecular formula is C14H18ClNO3. The van der Waals surface area contributed by atoms with Crippen LogP contribution in [0.1, 0.15) is 31.7 Å². The van der Waals surface area contributed by atoms with Gasteiger partial charge in [0.05, 0.1) is 5.02 Å². The predicted octanol–water partition coefficient (Wildman–Crippen LogP) is 2.83. The fraction of sp³-hybridized carbons (Fsp3) is 0.500. The van der Waals surface area contributed by atoms with Crippen LogP contribution in [-0.4, -0.2) is 23.2 Å². The molecule has 0 spiro atoms. The number of carboxylic acid groups (broad SMARTS) is 1. The Hall–Kier alpha value is -1.26. The molecule has 1 aromatic carbocycles. The number of hydrogen-bond acceptors (Lipinski definition) is 3. The molecule has 1 aliphatic rings. The van der Waals surface area contributed by atoms with Crippen molar-refractivity contribution in [2.75, 3.05) is 0 Å². The lowest BCUT2D eigenvalue weighted by molar-refractivity contribution is -0.145. The summed E-state index contributed by atoms with van der Waals surface area (Å²) in [6.07, 6.45) is 2.03. The van der Waals surface area contributed by atoms with Gasteiger partial charge in [0.25, 0.3) is 0 Å². The van der Waals surface area contributed by atoms with Gasteiger partial charge in [0.15, 0.2) is 6.10 Å². The number of halogens is 1. The highest BCUT2D eigenvalue weighted by atomic mass is 35.5. The van der Waals surface area contributed by atoms with Gasteiger partial charge in [-0.05, 0) is 37.0 Å². The molecule has 1 unspecified atom stereocenters. The van der Waals surface area contributed by atoms with Crippen molar-refractivity contribution in [3.05, 3.63) is 28.8 Å². The SMILES string of the molecule is CCC(Oc1ccc(CNC2CC2)cc1Cl)C(=O)O. The Bertz CT molecular complexity index is 460. The smallest absolute Gasteiger partial charge is 0.344 e. The van der Waals surface area contributed by atoms with Crippen molar-refractivity contribution in [3.8, 4) is 5.75 Å². The number of hydrogen-bond donors (Lipinski definition) is 2. The zero-order chi connectivity index (χ0) is 13.8. The van der Waals surface area contributed by atoms with Crippen LogP contribution >= 0.6 is 11.6 Å². The van der Waals surface area contributed by atoms with Crippen LogP contribution in [0.15, 0.2) is 18.2 Å². The molecule has 19 heavy (non-hydrogen) atoms. The third-order valence-corrected chi connectivity index (χ3v) is 3.38. The summed E-state index contributed by atoms with van der Waals surface area (Å²) in [5.74, 6) is -0.552. The molecule has 5 heteroatoms. The molecule has 1 aliphatic carbocycles. The van der Waals surface area contributed by atoms with E-state index in [9.17, 15) is 4.79 Å². The lowest BCUT2D eigenvalue weighted by Gasteiger charge is -2.15. The summed E-state index contributed by atoms with van der Waals surface area (Å²) in [5.41, 5.74) is 1.08. The number of rotatable bonds is 7. The molecule has 2 rings (SSSR count). The van der Waals surface area contributed by atoms with Gasteiger partial charge >= 0.3 is 5.97 Å². The van der Waals surface area contributed by atoms with Crippen LogP contribution in [0.4, 0.5) is 0 Å². The Morgan fingerprint density at radius 2 is 2.32 bits per heavy atom. The maximum Gasteiger partial charge on any atom is 0.344 e. The summed E-state index contributed by atoms with van der Waals surface area (Å²) in [6, 6.07) is 6.11. The molecule has 0 aromatic heterocycles. The van der Waals surface area contributed by atoms with E-state index >= 15 is 0 Å². The Morgan fingerprint density at radius 1 is 1.58 bits per heavy atom. The van der Waals surface area contributed by atoms with E-state index < -0.39 is 12.1 Å². The van der Waals surface area contributed by atoms with E-state index in [1.54, 1.807) is 13.0 Å². The topological polar surface area (TPSA) is 58.6 Å². The molecule has 4 nitrogen and oxygen atoms in total. The Kier molecular flexibility index (Phi) is 4.66. The molecule has 104 valence electrons. The number of benzene rings is 1. The first-order chi connectivity index (χ1) is 9.10. The van der Waals surface area contributed by atoms with Gasteiger partial charge in [0.2, 0.25) is 0 Å². The van der Waals surface area contributed by atoms with Crippen molar-refractivity contribution in [1.29, 1.82) is 0 Å². The number of ether oxygens (including phenoxy) is 1. The van der Waals surface area contributed by atoms with E-state index in [1.807, 2.05) is 12.1 Å². The van der Waals surface area contributed by atoms with Crippen molar-refractivity contribution < 1.29 is 14.6 Å². The van der Waals surface area contributed by atoms with Gasteiger partial charge in [-0.25, -0.2) is 4.79 Å². The van der Waals surface area contributed by atoms with Gasteiger partial charge in [0, 0.05) is 12.6 Å². The van der Waals surface area contributed by atoms with Gasteiger partial charge in [0.1, 0.15) is 5.75 Å². The van der Waals surface area contributed by atoms with Crippen molar-refractivity contribution in [2.24, 2.45) is 0 Å². The highest BCUT2D eigenvalue weighted by Gasteiger charge is 2.21. The van der Waals surface area contributed by atoms with E-state index in [0.29, 0.717) is 23.2 Å². The van der Waals surface area contributed by atoms with Crippen LogP contribution in [0.2, 0.25) is 5.02 Å². The van der Waals surface area contributed by atoms with E-state index in [4.69, 9.17) is 21.4 Å². The second kappa shape index (κ2) is 6.26. The van der Waals surface area contributed by atoms with E-state index in [1.165, 1.54) is 12.8 Å². The summed E-state index contributed by atoms with van der Waals surface area (Å²) < 4.78 is 5.40. The normalized spacial score (nSPS) is 16.1. The minimum Gasteiger partial charge on any atom is -0.479 e. The molecule has 0 amide bonds. The maximum atomic E-state index is 10.9. The first-order valence-electron chi connectivity index (χ1n) is 6.51. The van der Waals surface area contributed by atoms with Crippen LogP contribution < -0.4 is 10.1 Å². The van der Waals surface area contributed by atoms with Crippen molar-refractivity contribution >= 4 is 17.6 Å². The summed E-state index contributed by atoms with van der Waals surface area (Å²) in [6.45, 7) is 2.54. The molecule has 0 saturated heterocycles. The number of carboxylic acids is 1. The Labute approximate surface area is 117 Å². The Balaban J connectivity index is 1.98. The molecule has 0 bridgehead atoms. The number of nitrogens with one attached hydrogen (secondary N) is 1. The van der Waals surface area contributed by atoms with Crippen LogP contribution in [0.3, 0.4) is 0 Å². The van der Waals surface area contributed by atoms with Gasteiger partial charge in [-0.1, -0.05) is 24.6 Å². The molecule has 1 fully saturated rings. The first-order valence-corrected chi connectivity index (χ1v) is 6.89. The highest BCUT2D eigenvalue weighted by Crippen LogP contribution is 2.27. The molecule has 1 saturated carbocycles. The van der Waals surface area contributed by atoms with E-state index in [0.717, 1.165) is 12.1 Å². The zero-order valence-electron chi connectivity index (χ0n) is 10.9. The first kappa shape index (κ1) is 14.2. The molecule has 1 atom stereocenters. The summed E-state index contributed by atoms with van der Waals surface area (Å²) in [7, 11) is 0. The van der Waals surface area contributed by atoms with Crippen molar-refractivity contribution in [3.63, 3.8) is 0 Å². The average molecular weight is 284 g/mol. The molecule has 2 N–H and O–H groups in total. The highest BCUT2D eigenvalue weighted by molar-refractivity contribution is 6.32. The van der Waals surface area contributed by atoms with Crippen molar-refractivity contribution in [2.45, 2.75) is 44.9 Å². The predicted molar refractivity (Wildman–Crippen MR) is 73.7 cm³/mol. The lowest BCUT2D eigenvalue weighted by Crippen LogP contribution is -2.26. The monoisotopic (exact) mass is 283 g/mol. The third kappa shape index (κ3) is 4.11. The molecule has 0 heterocycles. The molecule has 1 aromatic rings. The van der Waals surface area contributed by atoms with Crippen LogP contribution in [0.25, 0.3) is 0 Å². The van der Waals surface area contributed by atoms with Crippen LogP contribution in [0.5, 0.6) is 5.75 Å². The van der Waals surface area contributed by atoms with Gasteiger partial charge < -0.3 is 15.2 Å². The lowest BCUT2D eigenvalue weighted by atomic mass is 10.2. The quantitative estimate of drug-likeness (QED) is 0.808. The maximum absolute atomic E-state index is 10.9. The average Bonchev–Trinajstić information content (AvgIpc) is 3.19. The van der Waals surface area contributed by atoms with Gasteiger partial charge in [-0.15, -0.1) is 0 Å². The number of carbonyl (C=O) groups is 1. The molecular weight excluding hydrogens is 266 g/mol. The zero-order valence-corrected chi connectivity index (χ0v) is 11.6. The minimum absolute atomic E-state index is 0.399. The van der Waals surface area contributed by atoms with Crippen LogP contribution in [0, 0.1) is 0 Å². The summed E-state index contributed by atoms with van der Waals surface area (Å²) >= 11 is 6.12. The Morgan fingerprint density at radius 3 is 2.84 bits per heavy atom. The largest absolute Gasteiger partial charge is 0.479 e. The minimum atomic E-state index is -0.974. The molecule has 0 aliphatic heterocycles. The summed E-state index contributed by atoms with van der Waals surface area (Å²) in [5, 5.41) is 12.8. The van der Waals surface area contributed by atoms with E-state index in [-0.39, 0.29) is 0 Å². The fourth-order valence-electron chi connectivity index (χ4n) is 1.76. The second-order valence-corrected chi connectivity index (χ2v) is 5.18. The second-order valence-electron chi connectivity index (χ2n) is 4.77. The third-order valence-electron chi connectivity index (χ3n) is 3.08. The standard InChI is InChI=1S/C14H18ClNO3/c1-2-12(14(17)18)19-13-6-3-9(7-11(13)15)8-16-10-4-5-10/h3,6-7,10,12,16H,2,4-5,8H2,1H3,(H,17,18). The van der Waals surface area contributed by atoms with Crippen LogP contribution in [-0.2, 0) is 11.3 Å². The van der Waals surface area contributed by atoms with E-state index in [2.05, 4.69) is 5.32 Å². The van der Waals surface area contributed by atoms with Crippen molar-refractivity contribution in [1.82, 2.24) is 5.32 Å². The van der Waals surface area contributed by atoms with Gasteiger partial charge in [-0.3, -0.25) is 0 Å². The number of aliphatic carboxylic acids is 1.